The van der Waals surface area contributed by atoms with E-state index in [9.17, 15) is 0 Å². The number of hydrogen-bond acceptors (Lipinski definition) is 3. The van der Waals surface area contributed by atoms with Crippen LogP contribution in [0.3, 0.4) is 0 Å². The first-order chi connectivity index (χ1) is 13.2. The molecule has 2 aliphatic rings. The van der Waals surface area contributed by atoms with Crippen molar-refractivity contribution >= 4 is 29.9 Å². The number of benzene rings is 1. The highest BCUT2D eigenvalue weighted by Crippen LogP contribution is 2.25. The molecule has 158 valence electrons. The predicted molar refractivity (Wildman–Crippen MR) is 128 cm³/mol. The van der Waals surface area contributed by atoms with E-state index in [1.807, 2.05) is 0 Å². The lowest BCUT2D eigenvalue weighted by Gasteiger charge is -2.36. The molecule has 2 fully saturated rings. The van der Waals surface area contributed by atoms with Crippen LogP contribution in [-0.4, -0.2) is 68.2 Å². The molecule has 3 rings (SSSR count). The van der Waals surface area contributed by atoms with Crippen LogP contribution in [0.15, 0.2) is 29.3 Å². The Morgan fingerprint density at radius 3 is 2.79 bits per heavy atom. The molecule has 2 unspecified atom stereocenters. The molecule has 0 radical (unpaired) electrons. The van der Waals surface area contributed by atoms with E-state index in [1.54, 1.807) is 0 Å². The van der Waals surface area contributed by atoms with Crippen molar-refractivity contribution < 1.29 is 4.74 Å². The molecule has 0 spiro atoms. The lowest BCUT2D eigenvalue weighted by atomic mass is 10.0. The number of likely N-dealkylation sites (tertiary alicyclic amines) is 1. The number of guanidine groups is 1. The molecule has 0 aromatic heterocycles. The molecule has 2 saturated heterocycles. The highest BCUT2D eigenvalue weighted by Gasteiger charge is 2.26. The molecule has 1 N–H and O–H groups in total. The van der Waals surface area contributed by atoms with Crippen molar-refractivity contribution in [3.63, 3.8) is 0 Å². The van der Waals surface area contributed by atoms with E-state index in [2.05, 4.69) is 60.2 Å². The number of nitrogens with one attached hydrogen (secondary N) is 1. The van der Waals surface area contributed by atoms with Crippen molar-refractivity contribution in [2.45, 2.75) is 39.7 Å². The highest BCUT2D eigenvalue weighted by atomic mass is 127. The first-order valence-corrected chi connectivity index (χ1v) is 10.6. The molecular formula is C22H37IN4O. The van der Waals surface area contributed by atoms with Crippen LogP contribution in [0.5, 0.6) is 0 Å². The maximum atomic E-state index is 6.09. The van der Waals surface area contributed by atoms with Crippen LogP contribution in [0.4, 0.5) is 0 Å². The lowest BCUT2D eigenvalue weighted by molar-refractivity contribution is -0.00834. The molecule has 0 saturated carbocycles. The Kier molecular flexibility index (Phi) is 10.0. The van der Waals surface area contributed by atoms with Gasteiger partial charge in [0.1, 0.15) is 6.10 Å². The fraction of sp³-hybridized carbons (Fsp3) is 0.682. The maximum Gasteiger partial charge on any atom is 0.194 e. The Labute approximate surface area is 187 Å². The van der Waals surface area contributed by atoms with Gasteiger partial charge in [-0.05, 0) is 56.8 Å². The molecule has 0 amide bonds. The molecule has 2 heterocycles. The van der Waals surface area contributed by atoms with Crippen molar-refractivity contribution in [3.05, 3.63) is 35.4 Å². The van der Waals surface area contributed by atoms with Crippen LogP contribution in [0.25, 0.3) is 0 Å². The van der Waals surface area contributed by atoms with E-state index in [1.165, 1.54) is 43.6 Å². The van der Waals surface area contributed by atoms with E-state index in [4.69, 9.17) is 9.73 Å². The van der Waals surface area contributed by atoms with Crippen LogP contribution >= 0.6 is 24.0 Å². The maximum absolute atomic E-state index is 6.09. The lowest BCUT2D eigenvalue weighted by Crippen LogP contribution is -2.48. The standard InChI is InChI=1S/C22H36N4O.HI/c1-4-11-25-12-10-19(16-25)15-24-22(23-5-2)26-13-14-27-21(17-26)20-9-7-6-8-18(20)3;/h6-9,19,21H,4-5,10-17H2,1-3H3,(H,23,24);1H. The summed E-state index contributed by atoms with van der Waals surface area (Å²) in [6.45, 7) is 14.6. The van der Waals surface area contributed by atoms with Crippen LogP contribution in [0, 0.1) is 12.8 Å². The summed E-state index contributed by atoms with van der Waals surface area (Å²) in [5, 5.41) is 3.51. The predicted octanol–water partition coefficient (Wildman–Crippen LogP) is 3.68. The van der Waals surface area contributed by atoms with Gasteiger partial charge in [-0.15, -0.1) is 24.0 Å². The quantitative estimate of drug-likeness (QED) is 0.368. The van der Waals surface area contributed by atoms with Crippen molar-refractivity contribution in [2.75, 3.05) is 52.4 Å². The monoisotopic (exact) mass is 500 g/mol. The Bertz CT molecular complexity index is 624. The second-order valence-electron chi connectivity index (χ2n) is 7.81. The topological polar surface area (TPSA) is 40.1 Å². The zero-order valence-corrected chi connectivity index (χ0v) is 20.0. The summed E-state index contributed by atoms with van der Waals surface area (Å²) in [5.74, 6) is 1.74. The smallest absolute Gasteiger partial charge is 0.194 e. The Morgan fingerprint density at radius 1 is 1.21 bits per heavy atom. The molecule has 1 aromatic carbocycles. The molecule has 2 atom stereocenters. The molecular weight excluding hydrogens is 463 g/mol. The van der Waals surface area contributed by atoms with Crippen LogP contribution in [0.2, 0.25) is 0 Å². The number of hydrogen-bond donors (Lipinski definition) is 1. The van der Waals surface area contributed by atoms with Crippen molar-refractivity contribution in [1.82, 2.24) is 15.1 Å². The van der Waals surface area contributed by atoms with Crippen LogP contribution in [-0.2, 0) is 4.74 Å². The van der Waals surface area contributed by atoms with E-state index in [0.29, 0.717) is 5.92 Å². The van der Waals surface area contributed by atoms with Crippen LogP contribution < -0.4 is 5.32 Å². The Balaban J connectivity index is 0.00000280. The zero-order valence-electron chi connectivity index (χ0n) is 17.7. The van der Waals surface area contributed by atoms with Gasteiger partial charge in [-0.25, -0.2) is 0 Å². The van der Waals surface area contributed by atoms with E-state index in [-0.39, 0.29) is 30.1 Å². The Morgan fingerprint density at radius 2 is 2.04 bits per heavy atom. The number of rotatable bonds is 6. The molecule has 0 bridgehead atoms. The van der Waals surface area contributed by atoms with E-state index >= 15 is 0 Å². The van der Waals surface area contributed by atoms with Crippen LogP contribution in [0.1, 0.15) is 43.9 Å². The number of nitrogens with zero attached hydrogens (tertiary/aromatic N) is 3. The summed E-state index contributed by atoms with van der Waals surface area (Å²) in [7, 11) is 0. The van der Waals surface area contributed by atoms with E-state index < -0.39 is 0 Å². The third-order valence-electron chi connectivity index (χ3n) is 5.65. The highest BCUT2D eigenvalue weighted by molar-refractivity contribution is 14.0. The number of ether oxygens (including phenoxy) is 1. The number of aryl methyl sites for hydroxylation is 1. The summed E-state index contributed by atoms with van der Waals surface area (Å²) in [6, 6.07) is 8.55. The first kappa shape index (κ1) is 23.4. The summed E-state index contributed by atoms with van der Waals surface area (Å²) in [6.07, 6.45) is 2.64. The van der Waals surface area contributed by atoms with Gasteiger partial charge in [-0.2, -0.15) is 0 Å². The third kappa shape index (κ3) is 6.32. The van der Waals surface area contributed by atoms with Gasteiger partial charge in [-0.3, -0.25) is 4.99 Å². The molecule has 0 aliphatic carbocycles. The van der Waals surface area contributed by atoms with Gasteiger partial charge >= 0.3 is 0 Å². The molecule has 6 heteroatoms. The fourth-order valence-electron chi connectivity index (χ4n) is 4.20. The minimum atomic E-state index is 0. The molecule has 2 aliphatic heterocycles. The summed E-state index contributed by atoms with van der Waals surface area (Å²) >= 11 is 0. The molecule has 5 nitrogen and oxygen atoms in total. The average molecular weight is 500 g/mol. The Hall–Kier alpha value is -0.860. The van der Waals surface area contributed by atoms with Gasteiger partial charge in [-0.1, -0.05) is 31.2 Å². The fourth-order valence-corrected chi connectivity index (χ4v) is 4.20. The van der Waals surface area contributed by atoms with Gasteiger partial charge < -0.3 is 19.9 Å². The van der Waals surface area contributed by atoms with Crippen molar-refractivity contribution in [1.29, 1.82) is 0 Å². The minimum absolute atomic E-state index is 0. The largest absolute Gasteiger partial charge is 0.370 e. The summed E-state index contributed by atoms with van der Waals surface area (Å²) in [4.78, 5) is 9.97. The van der Waals surface area contributed by atoms with Crippen molar-refractivity contribution in [2.24, 2.45) is 10.9 Å². The summed E-state index contributed by atoms with van der Waals surface area (Å²) < 4.78 is 6.09. The van der Waals surface area contributed by atoms with E-state index in [0.717, 1.165) is 38.7 Å². The summed E-state index contributed by atoms with van der Waals surface area (Å²) in [5.41, 5.74) is 2.59. The van der Waals surface area contributed by atoms with Crippen molar-refractivity contribution in [3.8, 4) is 0 Å². The zero-order chi connectivity index (χ0) is 19.1. The third-order valence-corrected chi connectivity index (χ3v) is 5.65. The second-order valence-corrected chi connectivity index (χ2v) is 7.81. The van der Waals surface area contributed by atoms with Gasteiger partial charge in [0.25, 0.3) is 0 Å². The molecule has 28 heavy (non-hydrogen) atoms. The minimum Gasteiger partial charge on any atom is -0.370 e. The van der Waals surface area contributed by atoms with Gasteiger partial charge in [0.15, 0.2) is 5.96 Å². The SMILES string of the molecule is CCCN1CCC(CN=C(NCC)N2CCOC(c3ccccc3C)C2)C1.I. The van der Waals surface area contributed by atoms with Gasteiger partial charge in [0.2, 0.25) is 0 Å². The average Bonchev–Trinajstić information content (AvgIpc) is 3.13. The number of aliphatic imine (C=N–C) groups is 1. The molecule has 1 aromatic rings. The number of morpholine rings is 1. The second kappa shape index (κ2) is 12.0. The van der Waals surface area contributed by atoms with Gasteiger partial charge in [0.05, 0.1) is 13.2 Å². The van der Waals surface area contributed by atoms with Gasteiger partial charge in [0, 0.05) is 26.2 Å². The first-order valence-electron chi connectivity index (χ1n) is 10.6. The number of halogens is 1. The normalized spacial score (nSPS) is 23.5.